The Morgan fingerprint density at radius 2 is 2.23 bits per heavy atom. The van der Waals surface area contributed by atoms with Gasteiger partial charge in [0.15, 0.2) is 5.82 Å². The van der Waals surface area contributed by atoms with Gasteiger partial charge in [-0.1, -0.05) is 12.1 Å². The van der Waals surface area contributed by atoms with Gasteiger partial charge in [0.2, 0.25) is 0 Å². The lowest BCUT2D eigenvalue weighted by molar-refractivity contribution is -0.160. The van der Waals surface area contributed by atoms with Gasteiger partial charge in [-0.05, 0) is 26.7 Å². The molecule has 0 spiro atoms. The number of likely N-dealkylation sites (tertiary alicyclic amines) is 1. The number of hydrogen-bond acceptors (Lipinski definition) is 6. The number of carbonyl (C=O) groups excluding carboxylic acids is 1. The molecule has 1 amide bonds. The number of aryl methyl sites for hydroxylation is 1. The zero-order valence-corrected chi connectivity index (χ0v) is 13.4. The van der Waals surface area contributed by atoms with E-state index in [0.717, 1.165) is 19.3 Å². The van der Waals surface area contributed by atoms with Crippen LogP contribution in [0.4, 0.5) is 0 Å². The first-order valence-corrected chi connectivity index (χ1v) is 7.86. The summed E-state index contributed by atoms with van der Waals surface area (Å²) in [6.45, 7) is 7.53. The minimum atomic E-state index is -0.293. The van der Waals surface area contributed by atoms with Crippen LogP contribution in [0.25, 0.3) is 0 Å². The van der Waals surface area contributed by atoms with Gasteiger partial charge >= 0.3 is 0 Å². The molecule has 2 saturated heterocycles. The Hall–Kier alpha value is -1.47. The third-order valence-corrected chi connectivity index (χ3v) is 4.17. The van der Waals surface area contributed by atoms with Crippen molar-refractivity contribution < 1.29 is 18.8 Å². The molecule has 3 rings (SSSR count). The van der Waals surface area contributed by atoms with Crippen molar-refractivity contribution in [2.45, 2.75) is 64.4 Å². The van der Waals surface area contributed by atoms with Crippen LogP contribution in [0.15, 0.2) is 4.52 Å². The van der Waals surface area contributed by atoms with Gasteiger partial charge in [0.1, 0.15) is 12.7 Å². The molecule has 1 aromatic heterocycles. The molecule has 0 bridgehead atoms. The molecule has 1 unspecified atom stereocenters. The normalized spacial score (nSPS) is 24.5. The van der Waals surface area contributed by atoms with Gasteiger partial charge < -0.3 is 18.9 Å². The van der Waals surface area contributed by atoms with E-state index in [1.54, 1.807) is 4.90 Å². The Kier molecular flexibility index (Phi) is 4.18. The highest BCUT2D eigenvalue weighted by molar-refractivity contribution is 5.82. The molecule has 1 aromatic rings. The molecule has 0 aliphatic carbocycles. The van der Waals surface area contributed by atoms with Crippen LogP contribution in [0.5, 0.6) is 0 Å². The smallest absolute Gasteiger partial charge is 0.252 e. The number of carbonyl (C=O) groups is 1. The fraction of sp³-hybridized carbons (Fsp3) is 0.800. The Morgan fingerprint density at radius 3 is 2.82 bits per heavy atom. The van der Waals surface area contributed by atoms with E-state index in [2.05, 4.69) is 10.1 Å². The second-order valence-corrected chi connectivity index (χ2v) is 6.54. The van der Waals surface area contributed by atoms with Crippen molar-refractivity contribution >= 4 is 5.91 Å². The van der Waals surface area contributed by atoms with Crippen LogP contribution in [0.1, 0.15) is 45.3 Å². The summed E-state index contributed by atoms with van der Waals surface area (Å²) in [4.78, 5) is 18.3. The second-order valence-electron chi connectivity index (χ2n) is 6.54. The van der Waals surface area contributed by atoms with Gasteiger partial charge in [0.25, 0.3) is 11.8 Å². The first kappa shape index (κ1) is 15.4. The molecule has 7 nitrogen and oxygen atoms in total. The van der Waals surface area contributed by atoms with Crippen LogP contribution in [0.2, 0.25) is 0 Å². The molecule has 22 heavy (non-hydrogen) atoms. The third-order valence-electron chi connectivity index (χ3n) is 4.17. The standard InChI is InChI=1S/C15H23N3O4/c1-4-12-16-13(22-17-12)9-20-10-7-18(8-10)14(19)11-5-6-15(2,3)21-11/h10-11H,4-9H2,1-3H3. The summed E-state index contributed by atoms with van der Waals surface area (Å²) < 4.78 is 16.5. The highest BCUT2D eigenvalue weighted by Crippen LogP contribution is 2.31. The largest absolute Gasteiger partial charge is 0.365 e. The highest BCUT2D eigenvalue weighted by atomic mass is 16.5. The molecule has 0 saturated carbocycles. The summed E-state index contributed by atoms with van der Waals surface area (Å²) in [5, 5.41) is 3.82. The van der Waals surface area contributed by atoms with Crippen LogP contribution in [0, 0.1) is 0 Å². The predicted molar refractivity (Wildman–Crippen MR) is 77.0 cm³/mol. The van der Waals surface area contributed by atoms with E-state index < -0.39 is 0 Å². The van der Waals surface area contributed by atoms with Crippen molar-refractivity contribution in [3.8, 4) is 0 Å². The maximum atomic E-state index is 12.3. The van der Waals surface area contributed by atoms with Crippen molar-refractivity contribution in [1.82, 2.24) is 15.0 Å². The van der Waals surface area contributed by atoms with Gasteiger partial charge in [-0.15, -0.1) is 0 Å². The summed E-state index contributed by atoms with van der Waals surface area (Å²) in [5.74, 6) is 1.25. The van der Waals surface area contributed by atoms with Crippen LogP contribution in [-0.2, 0) is 27.3 Å². The molecule has 2 aliphatic rings. The van der Waals surface area contributed by atoms with E-state index in [4.69, 9.17) is 14.0 Å². The third kappa shape index (κ3) is 3.30. The molecule has 0 radical (unpaired) electrons. The SMILES string of the molecule is CCc1noc(COC2CN(C(=O)C3CCC(C)(C)O3)C2)n1. The van der Waals surface area contributed by atoms with Gasteiger partial charge in [-0.25, -0.2) is 0 Å². The first-order chi connectivity index (χ1) is 10.5. The molecule has 122 valence electrons. The highest BCUT2D eigenvalue weighted by Gasteiger charge is 2.41. The molecule has 1 atom stereocenters. The van der Waals surface area contributed by atoms with E-state index in [0.29, 0.717) is 31.4 Å². The molecule has 0 aromatic carbocycles. The van der Waals surface area contributed by atoms with Gasteiger partial charge in [-0.2, -0.15) is 4.98 Å². The van der Waals surface area contributed by atoms with E-state index in [1.807, 2.05) is 20.8 Å². The molecule has 3 heterocycles. The van der Waals surface area contributed by atoms with Crippen LogP contribution in [0.3, 0.4) is 0 Å². The van der Waals surface area contributed by atoms with Crippen LogP contribution in [-0.4, -0.2) is 51.8 Å². The van der Waals surface area contributed by atoms with Gasteiger partial charge in [0, 0.05) is 19.5 Å². The Morgan fingerprint density at radius 1 is 1.45 bits per heavy atom. The lowest BCUT2D eigenvalue weighted by Crippen LogP contribution is -2.57. The maximum absolute atomic E-state index is 12.3. The molecular formula is C15H23N3O4. The average molecular weight is 309 g/mol. The van der Waals surface area contributed by atoms with Crippen molar-refractivity contribution in [2.24, 2.45) is 0 Å². The number of aromatic nitrogens is 2. The van der Waals surface area contributed by atoms with Crippen molar-refractivity contribution in [3.63, 3.8) is 0 Å². The summed E-state index contributed by atoms with van der Waals surface area (Å²) in [6.07, 6.45) is 2.21. The quantitative estimate of drug-likeness (QED) is 0.816. The maximum Gasteiger partial charge on any atom is 0.252 e. The monoisotopic (exact) mass is 309 g/mol. The number of rotatable bonds is 5. The lowest BCUT2D eigenvalue weighted by Gasteiger charge is -2.40. The van der Waals surface area contributed by atoms with Crippen molar-refractivity contribution in [3.05, 3.63) is 11.7 Å². The minimum Gasteiger partial charge on any atom is -0.365 e. The number of hydrogen-bond donors (Lipinski definition) is 0. The Labute approximate surface area is 129 Å². The van der Waals surface area contributed by atoms with E-state index in [1.165, 1.54) is 0 Å². The number of nitrogens with zero attached hydrogens (tertiary/aromatic N) is 3. The fourth-order valence-electron chi connectivity index (χ4n) is 2.76. The van der Waals surface area contributed by atoms with E-state index >= 15 is 0 Å². The van der Waals surface area contributed by atoms with Crippen molar-refractivity contribution in [2.75, 3.05) is 13.1 Å². The Balaban J connectivity index is 1.39. The summed E-state index contributed by atoms with van der Waals surface area (Å²) >= 11 is 0. The predicted octanol–water partition coefficient (Wildman–Crippen LogP) is 1.32. The molecule has 0 N–H and O–H groups in total. The molecular weight excluding hydrogens is 286 g/mol. The van der Waals surface area contributed by atoms with E-state index in [9.17, 15) is 4.79 Å². The topological polar surface area (TPSA) is 77.7 Å². The van der Waals surface area contributed by atoms with Crippen molar-refractivity contribution in [1.29, 1.82) is 0 Å². The zero-order valence-electron chi connectivity index (χ0n) is 13.4. The summed E-state index contributed by atoms with van der Waals surface area (Å²) in [6, 6.07) is 0. The fourth-order valence-corrected chi connectivity index (χ4v) is 2.76. The first-order valence-electron chi connectivity index (χ1n) is 7.86. The molecule has 2 fully saturated rings. The number of amides is 1. The van der Waals surface area contributed by atoms with Crippen LogP contribution >= 0.6 is 0 Å². The van der Waals surface area contributed by atoms with Gasteiger partial charge in [-0.3, -0.25) is 4.79 Å². The second kappa shape index (κ2) is 5.96. The van der Waals surface area contributed by atoms with E-state index in [-0.39, 0.29) is 23.7 Å². The lowest BCUT2D eigenvalue weighted by atomic mass is 10.0. The molecule has 7 heteroatoms. The average Bonchev–Trinajstić information content (AvgIpc) is 3.02. The minimum absolute atomic E-state index is 0.0374. The molecule has 2 aliphatic heterocycles. The van der Waals surface area contributed by atoms with Crippen LogP contribution < -0.4 is 0 Å². The Bertz CT molecular complexity index is 537. The van der Waals surface area contributed by atoms with Gasteiger partial charge in [0.05, 0.1) is 11.7 Å². The number of ether oxygens (including phenoxy) is 2. The summed E-state index contributed by atoms with van der Waals surface area (Å²) in [5.41, 5.74) is -0.184. The summed E-state index contributed by atoms with van der Waals surface area (Å²) in [7, 11) is 0. The zero-order chi connectivity index (χ0) is 15.7.